The van der Waals surface area contributed by atoms with Crippen molar-refractivity contribution in [2.75, 3.05) is 25.6 Å². The van der Waals surface area contributed by atoms with Crippen molar-refractivity contribution >= 4 is 5.69 Å². The molecular formula is C23H25NO3. The summed E-state index contributed by atoms with van der Waals surface area (Å²) in [5.74, 6) is 0.920. The predicted molar refractivity (Wildman–Crippen MR) is 110 cm³/mol. The Labute approximate surface area is 160 Å². The lowest BCUT2D eigenvalue weighted by Gasteiger charge is -2.19. The van der Waals surface area contributed by atoms with Gasteiger partial charge in [0.2, 0.25) is 0 Å². The zero-order valence-electron chi connectivity index (χ0n) is 15.8. The van der Waals surface area contributed by atoms with Gasteiger partial charge in [0.05, 0.1) is 0 Å². The number of hydrogen-bond acceptors (Lipinski definition) is 4. The minimum Gasteiger partial charge on any atom is -0.504 e. The molecule has 0 radical (unpaired) electrons. The van der Waals surface area contributed by atoms with Crippen LogP contribution in [0.4, 0.5) is 5.69 Å². The quantitative estimate of drug-likeness (QED) is 0.788. The molecule has 2 aromatic rings. The molecule has 0 saturated carbocycles. The summed E-state index contributed by atoms with van der Waals surface area (Å²) in [6, 6.07) is 16.9. The number of ether oxygens (including phenoxy) is 1. The Kier molecular flexibility index (Phi) is 5.67. The molecule has 0 saturated heterocycles. The van der Waals surface area contributed by atoms with Gasteiger partial charge in [-0.3, -0.25) is 0 Å². The van der Waals surface area contributed by atoms with Crippen molar-refractivity contribution in [1.82, 2.24) is 0 Å². The highest BCUT2D eigenvalue weighted by atomic mass is 16.5. The Balaban J connectivity index is 1.66. The molecule has 2 N–H and O–H groups in total. The Morgan fingerprint density at radius 1 is 0.926 bits per heavy atom. The van der Waals surface area contributed by atoms with Crippen molar-refractivity contribution in [3.05, 3.63) is 89.6 Å². The van der Waals surface area contributed by atoms with Crippen LogP contribution in [0.5, 0.6) is 0 Å². The van der Waals surface area contributed by atoms with E-state index in [1.165, 1.54) is 16.8 Å². The first-order valence-corrected chi connectivity index (χ1v) is 8.95. The summed E-state index contributed by atoms with van der Waals surface area (Å²) < 4.78 is 5.54. The standard InChI is InChI=1S/C23H25NO3/c1-16-14-21(15-25)27-22(23(16)26)13-6-17-4-7-18(8-5-17)19-9-11-20(12-10-19)24(2)3/h4-5,7-12,14,25-26H,1,6,13,15H2,2-3H3. The van der Waals surface area contributed by atoms with Crippen molar-refractivity contribution in [3.63, 3.8) is 0 Å². The molecule has 0 amide bonds. The molecule has 2 aromatic carbocycles. The van der Waals surface area contributed by atoms with E-state index >= 15 is 0 Å². The van der Waals surface area contributed by atoms with Crippen LogP contribution in [-0.2, 0) is 11.2 Å². The first kappa shape index (κ1) is 18.8. The molecule has 1 aliphatic rings. The lowest BCUT2D eigenvalue weighted by Crippen LogP contribution is -2.08. The van der Waals surface area contributed by atoms with Gasteiger partial charge in [-0.2, -0.15) is 0 Å². The number of aryl methyl sites for hydroxylation is 1. The highest BCUT2D eigenvalue weighted by molar-refractivity contribution is 5.66. The van der Waals surface area contributed by atoms with Crippen LogP contribution >= 0.6 is 0 Å². The zero-order chi connectivity index (χ0) is 19.4. The van der Waals surface area contributed by atoms with E-state index in [4.69, 9.17) is 4.74 Å². The van der Waals surface area contributed by atoms with Crippen molar-refractivity contribution in [2.24, 2.45) is 0 Å². The van der Waals surface area contributed by atoms with Crippen molar-refractivity contribution < 1.29 is 14.9 Å². The third kappa shape index (κ3) is 4.41. The number of aliphatic hydroxyl groups excluding tert-OH is 2. The minimum atomic E-state index is -0.211. The monoisotopic (exact) mass is 363 g/mol. The summed E-state index contributed by atoms with van der Waals surface area (Å²) in [6.07, 6.45) is 2.82. The first-order valence-electron chi connectivity index (χ1n) is 8.95. The van der Waals surface area contributed by atoms with Crippen LogP contribution in [0.3, 0.4) is 0 Å². The lowest BCUT2D eigenvalue weighted by atomic mass is 10.0. The summed E-state index contributed by atoms with van der Waals surface area (Å²) in [5.41, 5.74) is 5.14. The molecule has 0 unspecified atom stereocenters. The molecule has 3 rings (SSSR count). The van der Waals surface area contributed by atoms with Crippen molar-refractivity contribution in [2.45, 2.75) is 12.8 Å². The number of allylic oxidation sites excluding steroid dienone is 2. The zero-order valence-corrected chi connectivity index (χ0v) is 15.8. The van der Waals surface area contributed by atoms with Gasteiger partial charge >= 0.3 is 0 Å². The minimum absolute atomic E-state index is 0.0600. The molecule has 0 aromatic heterocycles. The number of benzene rings is 2. The van der Waals surface area contributed by atoms with Crippen LogP contribution in [0.1, 0.15) is 12.0 Å². The van der Waals surface area contributed by atoms with Crippen LogP contribution in [0.15, 0.2) is 84.0 Å². The van der Waals surface area contributed by atoms with Gasteiger partial charge in [-0.25, -0.2) is 0 Å². The van der Waals surface area contributed by atoms with Crippen LogP contribution < -0.4 is 4.90 Å². The summed E-state index contributed by atoms with van der Waals surface area (Å²) in [4.78, 5) is 2.08. The van der Waals surface area contributed by atoms with Crippen LogP contribution in [0.2, 0.25) is 0 Å². The third-order valence-electron chi connectivity index (χ3n) is 4.63. The maximum Gasteiger partial charge on any atom is 0.160 e. The Morgan fingerprint density at radius 2 is 1.52 bits per heavy atom. The van der Waals surface area contributed by atoms with Crippen molar-refractivity contribution in [3.8, 4) is 11.1 Å². The van der Waals surface area contributed by atoms with E-state index in [1.807, 2.05) is 14.1 Å². The number of aliphatic hydroxyl groups is 2. The van der Waals surface area contributed by atoms with E-state index in [1.54, 1.807) is 6.08 Å². The second kappa shape index (κ2) is 8.14. The summed E-state index contributed by atoms with van der Waals surface area (Å²) in [6.45, 7) is 3.57. The van der Waals surface area contributed by atoms with Gasteiger partial charge < -0.3 is 19.8 Å². The van der Waals surface area contributed by atoms with Crippen molar-refractivity contribution in [1.29, 1.82) is 0 Å². The number of hydrogen-bond donors (Lipinski definition) is 2. The second-order valence-electron chi connectivity index (χ2n) is 6.81. The van der Waals surface area contributed by atoms with E-state index in [0.29, 0.717) is 23.5 Å². The average molecular weight is 363 g/mol. The summed E-state index contributed by atoms with van der Waals surface area (Å²) in [7, 11) is 4.06. The number of rotatable bonds is 6. The molecule has 4 nitrogen and oxygen atoms in total. The fourth-order valence-electron chi connectivity index (χ4n) is 3.00. The highest BCUT2D eigenvalue weighted by Crippen LogP contribution is 2.27. The summed E-state index contributed by atoms with van der Waals surface area (Å²) >= 11 is 0. The van der Waals surface area contributed by atoms with Crippen LogP contribution in [0.25, 0.3) is 11.1 Å². The summed E-state index contributed by atoms with van der Waals surface area (Å²) in [5, 5.41) is 19.4. The normalized spacial score (nSPS) is 14.0. The molecule has 0 bridgehead atoms. The number of anilines is 1. The van der Waals surface area contributed by atoms with E-state index in [0.717, 1.165) is 12.0 Å². The first-order chi connectivity index (χ1) is 13.0. The van der Waals surface area contributed by atoms with Gasteiger partial charge in [0, 0.05) is 31.8 Å². The topological polar surface area (TPSA) is 52.9 Å². The molecule has 4 heteroatoms. The van der Waals surface area contributed by atoms with Gasteiger partial charge in [0.1, 0.15) is 18.1 Å². The van der Waals surface area contributed by atoms with E-state index < -0.39 is 0 Å². The predicted octanol–water partition coefficient (Wildman–Crippen LogP) is 4.58. The maximum absolute atomic E-state index is 10.1. The van der Waals surface area contributed by atoms with E-state index in [-0.39, 0.29) is 12.4 Å². The number of nitrogens with zero attached hydrogens (tertiary/aromatic N) is 1. The Bertz CT molecular complexity index is 875. The van der Waals surface area contributed by atoms with E-state index in [2.05, 4.69) is 60.0 Å². The molecule has 27 heavy (non-hydrogen) atoms. The highest BCUT2D eigenvalue weighted by Gasteiger charge is 2.17. The third-order valence-corrected chi connectivity index (χ3v) is 4.63. The Hall–Kier alpha value is -2.98. The molecule has 1 aliphatic heterocycles. The average Bonchev–Trinajstić information content (AvgIpc) is 2.69. The fourth-order valence-corrected chi connectivity index (χ4v) is 3.00. The van der Waals surface area contributed by atoms with Gasteiger partial charge in [0.15, 0.2) is 5.76 Å². The van der Waals surface area contributed by atoms with Gasteiger partial charge in [-0.05, 0) is 41.3 Å². The maximum atomic E-state index is 10.1. The van der Waals surface area contributed by atoms with Crippen LogP contribution in [0, 0.1) is 0 Å². The Morgan fingerprint density at radius 3 is 2.07 bits per heavy atom. The molecule has 0 fully saturated rings. The second-order valence-corrected chi connectivity index (χ2v) is 6.81. The van der Waals surface area contributed by atoms with Gasteiger partial charge in [-0.15, -0.1) is 0 Å². The SMILES string of the molecule is C=C1C=C(CO)OC(CCc2ccc(-c3ccc(N(C)C)cc3)cc2)=C1O. The molecule has 140 valence electrons. The molecular weight excluding hydrogens is 338 g/mol. The molecule has 0 spiro atoms. The largest absolute Gasteiger partial charge is 0.504 e. The van der Waals surface area contributed by atoms with E-state index in [9.17, 15) is 10.2 Å². The fraction of sp³-hybridized carbons (Fsp3) is 0.217. The van der Waals surface area contributed by atoms with Gasteiger partial charge in [0.25, 0.3) is 0 Å². The molecule has 0 aliphatic carbocycles. The lowest BCUT2D eigenvalue weighted by molar-refractivity contribution is 0.190. The van der Waals surface area contributed by atoms with Crippen LogP contribution in [-0.4, -0.2) is 30.9 Å². The molecule has 0 atom stereocenters. The molecule has 1 heterocycles. The smallest absolute Gasteiger partial charge is 0.160 e. The van der Waals surface area contributed by atoms with Gasteiger partial charge in [-0.1, -0.05) is 43.0 Å².